The van der Waals surface area contributed by atoms with Gasteiger partial charge in [-0.25, -0.2) is 9.59 Å². The maximum Gasteiger partial charge on any atom is 0.326 e. The Morgan fingerprint density at radius 1 is 1.38 bits per heavy atom. The van der Waals surface area contributed by atoms with E-state index in [0.29, 0.717) is 17.9 Å². The Morgan fingerprint density at radius 2 is 2.05 bits per heavy atom. The third kappa shape index (κ3) is 5.59. The number of carbonyl (C=O) groups is 2. The van der Waals surface area contributed by atoms with E-state index in [2.05, 4.69) is 26.6 Å². The first-order chi connectivity index (χ1) is 9.85. The normalized spacial score (nSPS) is 11.8. The van der Waals surface area contributed by atoms with E-state index in [1.165, 1.54) is 0 Å². The molecule has 0 saturated carbocycles. The van der Waals surface area contributed by atoms with Gasteiger partial charge in [-0.2, -0.15) is 11.8 Å². The summed E-state index contributed by atoms with van der Waals surface area (Å²) in [4.78, 5) is 23.1. The van der Waals surface area contributed by atoms with E-state index in [4.69, 9.17) is 5.11 Å². The number of carbonyl (C=O) groups excluding carboxylic acids is 1. The largest absolute Gasteiger partial charge is 0.480 e. The number of hydrogen-bond donors (Lipinski definition) is 3. The van der Waals surface area contributed by atoms with Crippen LogP contribution in [0.4, 0.5) is 10.5 Å². The van der Waals surface area contributed by atoms with Gasteiger partial charge in [0, 0.05) is 4.47 Å². The molecule has 116 valence electrons. The summed E-state index contributed by atoms with van der Waals surface area (Å²) in [6, 6.07) is 2.44. The molecule has 5 nitrogen and oxygen atoms in total. The van der Waals surface area contributed by atoms with E-state index in [1.54, 1.807) is 11.8 Å². The zero-order valence-corrected chi connectivity index (χ0v) is 14.6. The summed E-state index contributed by atoms with van der Waals surface area (Å²) >= 11 is 4.94. The lowest BCUT2D eigenvalue weighted by Crippen LogP contribution is -2.43. The van der Waals surface area contributed by atoms with Crippen LogP contribution in [0.5, 0.6) is 0 Å². The van der Waals surface area contributed by atoms with Crippen LogP contribution >= 0.6 is 27.7 Å². The first kappa shape index (κ1) is 17.8. The van der Waals surface area contributed by atoms with Gasteiger partial charge in [-0.15, -0.1) is 0 Å². The number of urea groups is 1. The number of aryl methyl sites for hydroxylation is 2. The summed E-state index contributed by atoms with van der Waals surface area (Å²) < 4.78 is 0.770. The lowest BCUT2D eigenvalue weighted by molar-refractivity contribution is -0.139. The number of benzene rings is 1. The molecule has 0 aliphatic heterocycles. The lowest BCUT2D eigenvalue weighted by atomic mass is 10.1. The Labute approximate surface area is 137 Å². The maximum atomic E-state index is 12.0. The second-order valence-electron chi connectivity index (χ2n) is 4.71. The molecule has 1 atom stereocenters. The number of hydrogen-bond acceptors (Lipinski definition) is 3. The Morgan fingerprint density at radius 3 is 2.57 bits per heavy atom. The minimum absolute atomic E-state index is 0.387. The van der Waals surface area contributed by atoms with Crippen molar-refractivity contribution < 1.29 is 14.7 Å². The van der Waals surface area contributed by atoms with E-state index in [9.17, 15) is 9.59 Å². The topological polar surface area (TPSA) is 78.4 Å². The summed E-state index contributed by atoms with van der Waals surface area (Å²) in [7, 11) is 0. The molecule has 21 heavy (non-hydrogen) atoms. The minimum atomic E-state index is -1.03. The number of halogens is 1. The third-order valence-corrected chi connectivity index (χ3v) is 4.15. The molecule has 0 aliphatic rings. The minimum Gasteiger partial charge on any atom is -0.480 e. The van der Waals surface area contributed by atoms with Crippen LogP contribution in [0.1, 0.15) is 17.5 Å². The number of carboxylic acid groups (broad SMARTS) is 1. The fourth-order valence-electron chi connectivity index (χ4n) is 1.87. The van der Waals surface area contributed by atoms with Crippen molar-refractivity contribution in [3.8, 4) is 0 Å². The summed E-state index contributed by atoms with van der Waals surface area (Å²) in [5.41, 5.74) is 2.63. The number of amides is 2. The Hall–Kier alpha value is -1.21. The van der Waals surface area contributed by atoms with Gasteiger partial charge in [0.15, 0.2) is 0 Å². The zero-order valence-electron chi connectivity index (χ0n) is 12.2. The maximum absolute atomic E-state index is 12.0. The highest BCUT2D eigenvalue weighted by molar-refractivity contribution is 9.10. The second-order valence-corrected chi connectivity index (χ2v) is 6.55. The lowest BCUT2D eigenvalue weighted by Gasteiger charge is -2.16. The number of carboxylic acids is 1. The van der Waals surface area contributed by atoms with Gasteiger partial charge in [0.25, 0.3) is 0 Å². The van der Waals surface area contributed by atoms with Crippen molar-refractivity contribution in [2.75, 3.05) is 17.3 Å². The van der Waals surface area contributed by atoms with E-state index in [-0.39, 0.29) is 0 Å². The van der Waals surface area contributed by atoms with Gasteiger partial charge in [-0.3, -0.25) is 0 Å². The van der Waals surface area contributed by atoms with Crippen LogP contribution in [0.15, 0.2) is 16.6 Å². The van der Waals surface area contributed by atoms with Crippen LogP contribution in [-0.4, -0.2) is 35.2 Å². The summed E-state index contributed by atoms with van der Waals surface area (Å²) in [5.74, 6) is -0.358. The average molecular weight is 375 g/mol. The van der Waals surface area contributed by atoms with Crippen LogP contribution in [0, 0.1) is 13.8 Å². The monoisotopic (exact) mass is 374 g/mol. The highest BCUT2D eigenvalue weighted by Crippen LogP contribution is 2.27. The molecule has 1 rings (SSSR count). The Kier molecular flexibility index (Phi) is 7.04. The van der Waals surface area contributed by atoms with Gasteiger partial charge in [-0.05, 0) is 65.4 Å². The number of nitrogens with one attached hydrogen (secondary N) is 2. The predicted octanol–water partition coefficient (Wildman–Crippen LogP) is 3.39. The molecule has 3 N–H and O–H groups in total. The highest BCUT2D eigenvalue weighted by atomic mass is 79.9. The fourth-order valence-corrected chi connectivity index (χ4v) is 3.12. The van der Waals surface area contributed by atoms with Crippen LogP contribution in [-0.2, 0) is 4.79 Å². The van der Waals surface area contributed by atoms with Gasteiger partial charge >= 0.3 is 12.0 Å². The molecule has 7 heteroatoms. The molecule has 0 bridgehead atoms. The van der Waals surface area contributed by atoms with Crippen molar-refractivity contribution in [2.24, 2.45) is 0 Å². The first-order valence-electron chi connectivity index (χ1n) is 6.41. The Balaban J connectivity index is 2.74. The van der Waals surface area contributed by atoms with Crippen molar-refractivity contribution in [3.63, 3.8) is 0 Å². The quantitative estimate of drug-likeness (QED) is 0.712. The molecule has 0 aromatic heterocycles. The summed E-state index contributed by atoms with van der Waals surface area (Å²) in [5, 5.41) is 14.3. The van der Waals surface area contributed by atoms with Crippen molar-refractivity contribution in [1.29, 1.82) is 0 Å². The SMILES string of the molecule is CSCC[C@H](NC(=O)Nc1c(C)cc(C)cc1Br)C(=O)O. The average Bonchev–Trinajstić information content (AvgIpc) is 2.38. The number of rotatable bonds is 6. The summed E-state index contributed by atoms with van der Waals surface area (Å²) in [6.07, 6.45) is 2.28. The molecular formula is C14H19BrN2O3S. The smallest absolute Gasteiger partial charge is 0.326 e. The number of aliphatic carboxylic acids is 1. The third-order valence-electron chi connectivity index (χ3n) is 2.88. The van der Waals surface area contributed by atoms with Crippen LogP contribution in [0.25, 0.3) is 0 Å². The van der Waals surface area contributed by atoms with Gasteiger partial charge in [-0.1, -0.05) is 6.07 Å². The molecule has 1 aromatic rings. The molecule has 0 aliphatic carbocycles. The van der Waals surface area contributed by atoms with Gasteiger partial charge < -0.3 is 15.7 Å². The molecule has 2 amide bonds. The number of thioether (sulfide) groups is 1. The van der Waals surface area contributed by atoms with Crippen molar-refractivity contribution in [1.82, 2.24) is 5.32 Å². The zero-order chi connectivity index (χ0) is 16.0. The molecule has 0 saturated heterocycles. The molecule has 0 spiro atoms. The van der Waals surface area contributed by atoms with E-state index in [1.807, 2.05) is 32.2 Å². The molecule has 0 unspecified atom stereocenters. The van der Waals surface area contributed by atoms with Crippen molar-refractivity contribution >= 4 is 45.4 Å². The molecule has 0 fully saturated rings. The van der Waals surface area contributed by atoms with Gasteiger partial charge in [0.1, 0.15) is 6.04 Å². The number of anilines is 1. The predicted molar refractivity (Wildman–Crippen MR) is 90.2 cm³/mol. The van der Waals surface area contributed by atoms with Crippen molar-refractivity contribution in [2.45, 2.75) is 26.3 Å². The van der Waals surface area contributed by atoms with Crippen molar-refractivity contribution in [3.05, 3.63) is 27.7 Å². The van der Waals surface area contributed by atoms with Gasteiger partial charge in [0.2, 0.25) is 0 Å². The van der Waals surface area contributed by atoms with Gasteiger partial charge in [0.05, 0.1) is 5.69 Å². The molecular weight excluding hydrogens is 356 g/mol. The standard InChI is InChI=1S/C14H19BrN2O3S/c1-8-6-9(2)12(10(15)7-8)17-14(20)16-11(13(18)19)4-5-21-3/h6-7,11H,4-5H2,1-3H3,(H,18,19)(H2,16,17,20)/t11-/m0/s1. The van der Waals surface area contributed by atoms with E-state index < -0.39 is 18.0 Å². The van der Waals surface area contributed by atoms with Crippen LogP contribution < -0.4 is 10.6 Å². The van der Waals surface area contributed by atoms with Crippen LogP contribution in [0.2, 0.25) is 0 Å². The molecule has 1 aromatic carbocycles. The highest BCUT2D eigenvalue weighted by Gasteiger charge is 2.20. The van der Waals surface area contributed by atoms with Crippen LogP contribution in [0.3, 0.4) is 0 Å². The first-order valence-corrected chi connectivity index (χ1v) is 8.59. The van der Waals surface area contributed by atoms with E-state index >= 15 is 0 Å². The van der Waals surface area contributed by atoms with E-state index in [0.717, 1.165) is 15.6 Å². The molecule has 0 heterocycles. The summed E-state index contributed by atoms with van der Waals surface area (Å²) in [6.45, 7) is 3.85. The molecule has 0 radical (unpaired) electrons. The fraction of sp³-hybridized carbons (Fsp3) is 0.429. The Bertz CT molecular complexity index is 514. The second kappa shape index (κ2) is 8.29.